The molecule has 0 atom stereocenters. The van der Waals surface area contributed by atoms with E-state index in [-0.39, 0.29) is 13.2 Å². The Hall–Kier alpha value is -1.19. The molecule has 0 aromatic heterocycles. The highest BCUT2D eigenvalue weighted by Crippen LogP contribution is 2.25. The van der Waals surface area contributed by atoms with E-state index in [4.69, 9.17) is 9.47 Å². The van der Waals surface area contributed by atoms with Gasteiger partial charge in [0.05, 0.1) is 13.2 Å². The van der Waals surface area contributed by atoms with E-state index in [0.717, 1.165) is 24.8 Å². The van der Waals surface area contributed by atoms with Gasteiger partial charge in [0.2, 0.25) is 0 Å². The minimum absolute atomic E-state index is 0.116. The first-order valence-corrected chi connectivity index (χ1v) is 7.84. The standard InChI is InChI=1S/C18H25FO2/c1-3-5-15-6-8-16(9-7-15)10-11-17-20-13-18(19,12-4-2)14-21-17/h6-11,17H,3-5,12-14H2,1-2H3. The lowest BCUT2D eigenvalue weighted by Crippen LogP contribution is -2.43. The highest BCUT2D eigenvalue weighted by Gasteiger charge is 2.35. The van der Waals surface area contributed by atoms with Crippen molar-refractivity contribution in [2.24, 2.45) is 0 Å². The SMILES string of the molecule is CCCc1ccc(C=CC2OCC(F)(CCC)CO2)cc1. The van der Waals surface area contributed by atoms with E-state index in [0.29, 0.717) is 6.42 Å². The van der Waals surface area contributed by atoms with Crippen LogP contribution < -0.4 is 0 Å². The highest BCUT2D eigenvalue weighted by molar-refractivity contribution is 5.50. The zero-order chi connectivity index (χ0) is 15.1. The molecule has 1 aromatic rings. The number of rotatable bonds is 6. The zero-order valence-corrected chi connectivity index (χ0v) is 13.0. The fourth-order valence-electron chi connectivity index (χ4n) is 2.53. The lowest BCUT2D eigenvalue weighted by atomic mass is 10.0. The maximum Gasteiger partial charge on any atom is 0.177 e. The first kappa shape index (κ1) is 16.2. The number of alkyl halides is 1. The summed E-state index contributed by atoms with van der Waals surface area (Å²) in [5, 5.41) is 0. The molecule has 0 bridgehead atoms. The summed E-state index contributed by atoms with van der Waals surface area (Å²) < 4.78 is 25.0. The maximum atomic E-state index is 14.2. The van der Waals surface area contributed by atoms with Gasteiger partial charge in [-0.15, -0.1) is 0 Å². The van der Waals surface area contributed by atoms with Crippen LogP contribution in [0.4, 0.5) is 4.39 Å². The molecule has 116 valence electrons. The number of benzene rings is 1. The summed E-state index contributed by atoms with van der Waals surface area (Å²) in [6.07, 6.45) is 6.92. The molecule has 0 N–H and O–H groups in total. The van der Waals surface area contributed by atoms with Crippen LogP contribution in [0.5, 0.6) is 0 Å². The van der Waals surface area contributed by atoms with E-state index < -0.39 is 12.0 Å². The Kier molecular flexibility index (Phi) is 5.95. The van der Waals surface area contributed by atoms with E-state index in [9.17, 15) is 4.39 Å². The van der Waals surface area contributed by atoms with Gasteiger partial charge in [-0.25, -0.2) is 4.39 Å². The Balaban J connectivity index is 1.85. The van der Waals surface area contributed by atoms with Crippen LogP contribution >= 0.6 is 0 Å². The highest BCUT2D eigenvalue weighted by atomic mass is 19.1. The number of ether oxygens (including phenoxy) is 2. The van der Waals surface area contributed by atoms with Crippen molar-refractivity contribution in [1.82, 2.24) is 0 Å². The van der Waals surface area contributed by atoms with Crippen molar-refractivity contribution in [3.05, 3.63) is 41.5 Å². The van der Waals surface area contributed by atoms with Gasteiger partial charge < -0.3 is 9.47 Å². The summed E-state index contributed by atoms with van der Waals surface area (Å²) in [4.78, 5) is 0. The number of aryl methyl sites for hydroxylation is 1. The monoisotopic (exact) mass is 292 g/mol. The summed E-state index contributed by atoms with van der Waals surface area (Å²) in [5.41, 5.74) is 1.13. The average Bonchev–Trinajstić information content (AvgIpc) is 2.49. The summed E-state index contributed by atoms with van der Waals surface area (Å²) in [7, 11) is 0. The minimum Gasteiger partial charge on any atom is -0.346 e. The van der Waals surface area contributed by atoms with E-state index in [1.165, 1.54) is 5.56 Å². The molecule has 1 aliphatic rings. The third-order valence-corrected chi connectivity index (χ3v) is 3.67. The van der Waals surface area contributed by atoms with Crippen LogP contribution in [0.15, 0.2) is 30.3 Å². The fourth-order valence-corrected chi connectivity index (χ4v) is 2.53. The number of hydrogen-bond acceptors (Lipinski definition) is 2. The van der Waals surface area contributed by atoms with Gasteiger partial charge in [0.15, 0.2) is 12.0 Å². The van der Waals surface area contributed by atoms with Gasteiger partial charge in [-0.2, -0.15) is 0 Å². The van der Waals surface area contributed by atoms with Crippen molar-refractivity contribution < 1.29 is 13.9 Å². The molecule has 1 saturated heterocycles. The predicted octanol–water partition coefficient (Wildman–Crippen LogP) is 4.53. The molecule has 0 amide bonds. The number of halogens is 1. The van der Waals surface area contributed by atoms with Crippen molar-refractivity contribution in [2.45, 2.75) is 51.5 Å². The first-order valence-electron chi connectivity index (χ1n) is 7.84. The summed E-state index contributed by atoms with van der Waals surface area (Å²) in [6.45, 7) is 4.38. The van der Waals surface area contributed by atoms with E-state index >= 15 is 0 Å². The molecule has 0 unspecified atom stereocenters. The smallest absolute Gasteiger partial charge is 0.177 e. The first-order chi connectivity index (χ1) is 10.1. The van der Waals surface area contributed by atoms with Gasteiger partial charge in [0, 0.05) is 0 Å². The minimum atomic E-state index is -1.32. The van der Waals surface area contributed by atoms with Crippen molar-refractivity contribution in [3.8, 4) is 0 Å². The van der Waals surface area contributed by atoms with Crippen LogP contribution in [0.2, 0.25) is 0 Å². The lowest BCUT2D eigenvalue weighted by molar-refractivity contribution is -0.212. The molecule has 21 heavy (non-hydrogen) atoms. The quantitative estimate of drug-likeness (QED) is 0.766. The Bertz CT molecular complexity index is 445. The second kappa shape index (κ2) is 7.71. The molecule has 0 aliphatic carbocycles. The topological polar surface area (TPSA) is 18.5 Å². The Morgan fingerprint density at radius 2 is 1.81 bits per heavy atom. The predicted molar refractivity (Wildman–Crippen MR) is 83.9 cm³/mol. The molecular weight excluding hydrogens is 267 g/mol. The van der Waals surface area contributed by atoms with Crippen molar-refractivity contribution in [1.29, 1.82) is 0 Å². The maximum absolute atomic E-state index is 14.2. The summed E-state index contributed by atoms with van der Waals surface area (Å²) in [6, 6.07) is 8.45. The molecule has 3 heteroatoms. The third kappa shape index (κ3) is 4.94. The molecule has 1 heterocycles. The fraction of sp³-hybridized carbons (Fsp3) is 0.556. The summed E-state index contributed by atoms with van der Waals surface area (Å²) in [5.74, 6) is 0. The van der Waals surface area contributed by atoms with Crippen LogP contribution in [0.3, 0.4) is 0 Å². The van der Waals surface area contributed by atoms with Crippen LogP contribution in [-0.4, -0.2) is 25.2 Å². The van der Waals surface area contributed by atoms with Gasteiger partial charge in [-0.3, -0.25) is 0 Å². The Morgan fingerprint density at radius 3 is 2.38 bits per heavy atom. The van der Waals surface area contributed by atoms with Crippen LogP contribution in [0.25, 0.3) is 6.08 Å². The Morgan fingerprint density at radius 1 is 1.14 bits per heavy atom. The Labute approximate surface area is 127 Å². The average molecular weight is 292 g/mol. The molecule has 0 spiro atoms. The molecule has 1 aromatic carbocycles. The van der Waals surface area contributed by atoms with Gasteiger partial charge >= 0.3 is 0 Å². The van der Waals surface area contributed by atoms with Crippen LogP contribution in [0, 0.1) is 0 Å². The molecule has 1 aliphatic heterocycles. The lowest BCUT2D eigenvalue weighted by Gasteiger charge is -2.32. The van der Waals surface area contributed by atoms with E-state index in [1.54, 1.807) is 0 Å². The third-order valence-electron chi connectivity index (χ3n) is 3.67. The van der Waals surface area contributed by atoms with Gasteiger partial charge in [-0.05, 0) is 30.0 Å². The van der Waals surface area contributed by atoms with Gasteiger partial charge in [-0.1, -0.05) is 57.0 Å². The zero-order valence-electron chi connectivity index (χ0n) is 13.0. The van der Waals surface area contributed by atoms with E-state index in [2.05, 4.69) is 31.2 Å². The second-order valence-electron chi connectivity index (χ2n) is 5.74. The molecule has 2 nitrogen and oxygen atoms in total. The van der Waals surface area contributed by atoms with Crippen molar-refractivity contribution in [2.75, 3.05) is 13.2 Å². The van der Waals surface area contributed by atoms with Crippen LogP contribution in [-0.2, 0) is 15.9 Å². The summed E-state index contributed by atoms with van der Waals surface area (Å²) >= 11 is 0. The number of hydrogen-bond donors (Lipinski definition) is 0. The molecular formula is C18H25FO2. The van der Waals surface area contributed by atoms with Crippen molar-refractivity contribution in [3.63, 3.8) is 0 Å². The molecule has 0 saturated carbocycles. The van der Waals surface area contributed by atoms with Crippen molar-refractivity contribution >= 4 is 6.08 Å². The van der Waals surface area contributed by atoms with Crippen LogP contribution in [0.1, 0.15) is 44.2 Å². The largest absolute Gasteiger partial charge is 0.346 e. The molecule has 2 rings (SSSR count). The molecule has 1 fully saturated rings. The molecule has 0 radical (unpaired) electrons. The normalized spacial score (nSPS) is 26.3. The van der Waals surface area contributed by atoms with Gasteiger partial charge in [0.1, 0.15) is 0 Å². The second-order valence-corrected chi connectivity index (χ2v) is 5.74. The van der Waals surface area contributed by atoms with E-state index in [1.807, 2.05) is 19.1 Å². The van der Waals surface area contributed by atoms with Gasteiger partial charge in [0.25, 0.3) is 0 Å².